The summed E-state index contributed by atoms with van der Waals surface area (Å²) in [7, 11) is 0. The zero-order chi connectivity index (χ0) is 27.9. The Morgan fingerprint density at radius 1 is 1.23 bits per heavy atom. The van der Waals surface area contributed by atoms with Crippen LogP contribution in [0, 0.1) is 12.7 Å². The highest BCUT2D eigenvalue weighted by atomic mass is 19.4. The molecule has 39 heavy (non-hydrogen) atoms. The quantitative estimate of drug-likeness (QED) is 0.178. The Balaban J connectivity index is 1.39. The second-order valence-electron chi connectivity index (χ2n) is 10.3. The smallest absolute Gasteiger partial charge is 0.396 e. The van der Waals surface area contributed by atoms with E-state index in [2.05, 4.69) is 25.6 Å². The highest BCUT2D eigenvalue weighted by molar-refractivity contribution is 5.97. The van der Waals surface area contributed by atoms with Gasteiger partial charge < -0.3 is 21.4 Å². The van der Waals surface area contributed by atoms with Gasteiger partial charge in [0.2, 0.25) is 5.95 Å². The topological polar surface area (TPSA) is 109 Å². The number of benzene rings is 2. The SMILES string of the molecule is Cc1cccc2c(-c3nc(N[C@@H]4CCC[C@](C)(NC(=O)c5ccc(N)c(F)c5)C4)ncc3C(F)(F)F)c[nH]c12. The zero-order valence-corrected chi connectivity index (χ0v) is 21.4. The van der Waals surface area contributed by atoms with Gasteiger partial charge in [0, 0.05) is 46.0 Å². The molecule has 1 aliphatic carbocycles. The number of halogens is 4. The lowest BCUT2D eigenvalue weighted by Gasteiger charge is -2.39. The van der Waals surface area contributed by atoms with E-state index >= 15 is 0 Å². The lowest BCUT2D eigenvalue weighted by Crippen LogP contribution is -2.51. The molecule has 0 aliphatic heterocycles. The molecule has 4 aromatic rings. The molecule has 2 aromatic heterocycles. The fourth-order valence-electron chi connectivity index (χ4n) is 5.29. The second-order valence-corrected chi connectivity index (χ2v) is 10.3. The molecule has 5 rings (SSSR count). The van der Waals surface area contributed by atoms with Crippen molar-refractivity contribution < 1.29 is 22.4 Å². The van der Waals surface area contributed by atoms with Crippen LogP contribution in [-0.2, 0) is 6.18 Å². The minimum absolute atomic E-state index is 0.0432. The van der Waals surface area contributed by atoms with Gasteiger partial charge in [-0.25, -0.2) is 14.4 Å². The molecule has 1 saturated carbocycles. The Labute approximate surface area is 222 Å². The van der Waals surface area contributed by atoms with Crippen LogP contribution in [0.15, 0.2) is 48.8 Å². The summed E-state index contributed by atoms with van der Waals surface area (Å²) in [5.74, 6) is -1.03. The number of para-hydroxylation sites is 1. The molecular formula is C28H28F4N6O. The molecule has 11 heteroatoms. The van der Waals surface area contributed by atoms with Gasteiger partial charge in [-0.1, -0.05) is 18.2 Å². The zero-order valence-electron chi connectivity index (χ0n) is 21.4. The van der Waals surface area contributed by atoms with Crippen LogP contribution in [0.4, 0.5) is 29.2 Å². The van der Waals surface area contributed by atoms with E-state index < -0.39 is 29.0 Å². The number of hydrogen-bond acceptors (Lipinski definition) is 5. The minimum Gasteiger partial charge on any atom is -0.396 e. The van der Waals surface area contributed by atoms with Crippen LogP contribution in [0.2, 0.25) is 0 Å². The average molecular weight is 541 g/mol. The molecular weight excluding hydrogens is 512 g/mol. The van der Waals surface area contributed by atoms with Crippen molar-refractivity contribution in [3.8, 4) is 11.3 Å². The molecule has 1 aliphatic rings. The van der Waals surface area contributed by atoms with Gasteiger partial charge in [-0.2, -0.15) is 13.2 Å². The molecule has 1 fully saturated rings. The van der Waals surface area contributed by atoms with Crippen molar-refractivity contribution in [3.63, 3.8) is 0 Å². The number of aromatic amines is 1. The number of aryl methyl sites for hydroxylation is 1. The Morgan fingerprint density at radius 2 is 2.03 bits per heavy atom. The van der Waals surface area contributed by atoms with E-state index in [4.69, 9.17) is 5.73 Å². The largest absolute Gasteiger partial charge is 0.419 e. The number of amides is 1. The van der Waals surface area contributed by atoms with Crippen LogP contribution >= 0.6 is 0 Å². The molecule has 2 aromatic carbocycles. The van der Waals surface area contributed by atoms with Gasteiger partial charge in [0.05, 0.1) is 11.4 Å². The number of fused-ring (bicyclic) bond motifs is 1. The summed E-state index contributed by atoms with van der Waals surface area (Å²) >= 11 is 0. The van der Waals surface area contributed by atoms with E-state index in [0.717, 1.165) is 29.8 Å². The van der Waals surface area contributed by atoms with Crippen LogP contribution < -0.4 is 16.4 Å². The van der Waals surface area contributed by atoms with Crippen LogP contribution in [0.3, 0.4) is 0 Å². The van der Waals surface area contributed by atoms with Crippen molar-refractivity contribution in [1.82, 2.24) is 20.3 Å². The van der Waals surface area contributed by atoms with Crippen molar-refractivity contribution in [2.45, 2.75) is 57.3 Å². The monoisotopic (exact) mass is 540 g/mol. The van der Waals surface area contributed by atoms with Gasteiger partial charge in [0.1, 0.15) is 11.4 Å². The molecule has 2 heterocycles. The van der Waals surface area contributed by atoms with Crippen molar-refractivity contribution in [1.29, 1.82) is 0 Å². The highest BCUT2D eigenvalue weighted by Crippen LogP contribution is 2.39. The predicted molar refractivity (Wildman–Crippen MR) is 142 cm³/mol. The Bertz CT molecular complexity index is 1550. The molecule has 204 valence electrons. The minimum atomic E-state index is -4.64. The number of nitrogen functional groups attached to an aromatic ring is 1. The van der Waals surface area contributed by atoms with Gasteiger partial charge in [-0.15, -0.1) is 0 Å². The van der Waals surface area contributed by atoms with Crippen molar-refractivity contribution >= 4 is 28.4 Å². The fraction of sp³-hybridized carbons (Fsp3) is 0.321. The molecule has 0 spiro atoms. The Kier molecular flexibility index (Phi) is 6.69. The maximum atomic E-state index is 13.9. The van der Waals surface area contributed by atoms with E-state index in [1.54, 1.807) is 12.1 Å². The third-order valence-corrected chi connectivity index (χ3v) is 7.26. The maximum absolute atomic E-state index is 13.9. The Morgan fingerprint density at radius 3 is 2.77 bits per heavy atom. The molecule has 0 unspecified atom stereocenters. The standard InChI is InChI=1S/C28H28F4N6O/c1-15-5-3-7-18-19(13-34-23(15)18)24-20(28(30,31)32)14-35-26(37-24)36-17-6-4-10-27(2,12-17)38-25(39)16-8-9-22(33)21(29)11-16/h3,5,7-9,11,13-14,17,34H,4,6,10,12,33H2,1-2H3,(H,38,39)(H,35,36,37)/t17-,27+/m1/s1. The summed E-state index contributed by atoms with van der Waals surface area (Å²) in [5.41, 5.74) is 5.84. The molecule has 0 radical (unpaired) electrons. The first-order valence-corrected chi connectivity index (χ1v) is 12.6. The third-order valence-electron chi connectivity index (χ3n) is 7.26. The summed E-state index contributed by atoms with van der Waals surface area (Å²) in [6, 6.07) is 9.11. The number of carbonyl (C=O) groups is 1. The first kappa shape index (κ1) is 26.5. The van der Waals surface area contributed by atoms with Gasteiger partial charge in [-0.05, 0) is 63.3 Å². The first-order chi connectivity index (χ1) is 18.4. The summed E-state index contributed by atoms with van der Waals surface area (Å²) < 4.78 is 55.7. The van der Waals surface area contributed by atoms with Crippen LogP contribution in [-0.4, -0.2) is 32.4 Å². The number of nitrogens with one attached hydrogen (secondary N) is 3. The second kappa shape index (κ2) is 9.87. The molecule has 0 bridgehead atoms. The molecule has 0 saturated heterocycles. The molecule has 7 nitrogen and oxygen atoms in total. The van der Waals surface area contributed by atoms with E-state index in [1.165, 1.54) is 18.3 Å². The lowest BCUT2D eigenvalue weighted by molar-refractivity contribution is -0.137. The number of rotatable bonds is 5. The molecule has 5 N–H and O–H groups in total. The first-order valence-electron chi connectivity index (χ1n) is 12.6. The van der Waals surface area contributed by atoms with Crippen LogP contribution in [0.5, 0.6) is 0 Å². The lowest BCUT2D eigenvalue weighted by atomic mass is 9.80. The number of carbonyl (C=O) groups excluding carboxylic acids is 1. The predicted octanol–water partition coefficient (Wildman–Crippen LogP) is 6.22. The number of hydrogen-bond donors (Lipinski definition) is 4. The number of alkyl halides is 3. The maximum Gasteiger partial charge on any atom is 0.419 e. The Hall–Kier alpha value is -4.15. The number of H-pyrrole nitrogens is 1. The van der Waals surface area contributed by atoms with Crippen molar-refractivity contribution in [2.24, 2.45) is 0 Å². The molecule has 1 amide bonds. The van der Waals surface area contributed by atoms with Gasteiger partial charge in [-0.3, -0.25) is 4.79 Å². The van der Waals surface area contributed by atoms with Crippen molar-refractivity contribution in [3.05, 3.63) is 71.3 Å². The van der Waals surface area contributed by atoms with E-state index in [1.807, 2.05) is 19.9 Å². The summed E-state index contributed by atoms with van der Waals surface area (Å²) in [6.45, 7) is 3.77. The van der Waals surface area contributed by atoms with Crippen LogP contribution in [0.1, 0.15) is 54.1 Å². The molecule has 2 atom stereocenters. The number of nitrogens with two attached hydrogens (primary N) is 1. The normalized spacial score (nSPS) is 19.7. The highest BCUT2D eigenvalue weighted by Gasteiger charge is 2.37. The van der Waals surface area contributed by atoms with Crippen LogP contribution in [0.25, 0.3) is 22.2 Å². The van der Waals surface area contributed by atoms with Gasteiger partial charge >= 0.3 is 6.18 Å². The number of nitrogens with zero attached hydrogens (tertiary/aromatic N) is 2. The van der Waals surface area contributed by atoms with E-state index in [9.17, 15) is 22.4 Å². The third kappa shape index (κ3) is 5.39. The van der Waals surface area contributed by atoms with Crippen molar-refractivity contribution in [2.75, 3.05) is 11.1 Å². The summed E-state index contributed by atoms with van der Waals surface area (Å²) in [4.78, 5) is 24.2. The fourth-order valence-corrected chi connectivity index (χ4v) is 5.29. The van der Waals surface area contributed by atoms with E-state index in [-0.39, 0.29) is 28.9 Å². The summed E-state index contributed by atoms with van der Waals surface area (Å²) in [5, 5.41) is 6.80. The van der Waals surface area contributed by atoms with Gasteiger partial charge in [0.25, 0.3) is 5.91 Å². The van der Waals surface area contributed by atoms with Gasteiger partial charge in [0.15, 0.2) is 0 Å². The van der Waals surface area contributed by atoms with E-state index in [0.29, 0.717) is 30.2 Å². The number of aromatic nitrogens is 3. The number of anilines is 2. The average Bonchev–Trinajstić information content (AvgIpc) is 3.30. The summed E-state index contributed by atoms with van der Waals surface area (Å²) in [6.07, 6.45) is 0.319.